The van der Waals surface area contributed by atoms with Crippen LogP contribution in [0.5, 0.6) is 0 Å². The zero-order valence-corrected chi connectivity index (χ0v) is 17.3. The first kappa shape index (κ1) is 25.0. The third-order valence-electron chi connectivity index (χ3n) is 4.05. The molecule has 0 atom stereocenters. The summed E-state index contributed by atoms with van der Waals surface area (Å²) in [6.07, 6.45) is 4.61. The van der Waals surface area contributed by atoms with Gasteiger partial charge in [-0.05, 0) is 52.2 Å². The molecule has 1 N–H and O–H groups in total. The first-order chi connectivity index (χ1) is 11.6. The van der Waals surface area contributed by atoms with Crippen molar-refractivity contribution in [3.63, 3.8) is 0 Å². The van der Waals surface area contributed by atoms with Crippen LogP contribution < -0.4 is 18.9 Å². The number of rotatable bonds is 2. The SMILES string of the molecule is Cc1cccnc1C1(O)CCN(C(=O)OC(C)(C)C)CC1.[CH2-]CCC.[Li+]. The summed E-state index contributed by atoms with van der Waals surface area (Å²) < 4.78 is 5.36. The molecule has 26 heavy (non-hydrogen) atoms. The molecule has 2 heterocycles. The Morgan fingerprint density at radius 3 is 2.35 bits per heavy atom. The van der Waals surface area contributed by atoms with Crippen molar-refractivity contribution in [2.45, 2.75) is 71.5 Å². The van der Waals surface area contributed by atoms with Crippen LogP contribution in [0.2, 0.25) is 0 Å². The third-order valence-corrected chi connectivity index (χ3v) is 4.05. The van der Waals surface area contributed by atoms with Crippen LogP contribution in [-0.4, -0.2) is 39.8 Å². The Morgan fingerprint density at radius 1 is 1.38 bits per heavy atom. The largest absolute Gasteiger partial charge is 1.00 e. The number of nitrogens with zero attached hydrogens (tertiary/aromatic N) is 2. The van der Waals surface area contributed by atoms with E-state index < -0.39 is 11.2 Å². The smallest absolute Gasteiger partial charge is 0.444 e. The predicted molar refractivity (Wildman–Crippen MR) is 100 cm³/mol. The molecule has 1 aliphatic rings. The normalized spacial score (nSPS) is 16.0. The number of amides is 1. The van der Waals surface area contributed by atoms with Gasteiger partial charge >= 0.3 is 25.0 Å². The van der Waals surface area contributed by atoms with E-state index in [-0.39, 0.29) is 25.0 Å². The Morgan fingerprint density at radius 2 is 1.92 bits per heavy atom. The summed E-state index contributed by atoms with van der Waals surface area (Å²) in [6.45, 7) is 14.2. The Kier molecular flexibility index (Phi) is 10.5. The molecular formula is C20H33LiN2O3. The monoisotopic (exact) mass is 356 g/mol. The molecule has 0 aliphatic carbocycles. The maximum Gasteiger partial charge on any atom is 1.00 e. The number of unbranched alkanes of at least 4 members (excludes halogenated alkanes) is 1. The second-order valence-corrected chi connectivity index (χ2v) is 7.52. The molecule has 1 aliphatic heterocycles. The van der Waals surface area contributed by atoms with E-state index >= 15 is 0 Å². The summed E-state index contributed by atoms with van der Waals surface area (Å²) in [6, 6.07) is 3.80. The van der Waals surface area contributed by atoms with Crippen molar-refractivity contribution in [3.8, 4) is 0 Å². The summed E-state index contributed by atoms with van der Waals surface area (Å²) in [7, 11) is 0. The maximum absolute atomic E-state index is 12.0. The summed E-state index contributed by atoms with van der Waals surface area (Å²) in [5.74, 6) is 0. The number of hydrogen-bond donors (Lipinski definition) is 1. The number of ether oxygens (including phenoxy) is 1. The van der Waals surface area contributed by atoms with E-state index in [2.05, 4.69) is 18.8 Å². The van der Waals surface area contributed by atoms with Gasteiger partial charge in [0.1, 0.15) is 11.2 Å². The zero-order chi connectivity index (χ0) is 19.1. The number of aromatic nitrogens is 1. The van der Waals surface area contributed by atoms with Gasteiger partial charge in [-0.2, -0.15) is 6.42 Å². The molecule has 2 rings (SSSR count). The maximum atomic E-state index is 12.0. The molecule has 0 spiro atoms. The standard InChI is InChI=1S/C16H24N2O3.C4H9.Li/c1-12-6-5-9-17-13(12)16(20)7-10-18(11-8-16)14(19)21-15(2,3)4;1-3-4-2;/h5-6,9,20H,7-8,10-11H2,1-4H3;1,3-4H2,2H3;/q;-1;+1. The molecule has 1 amide bonds. The van der Waals surface area contributed by atoms with Crippen LogP contribution in [0.15, 0.2) is 18.3 Å². The first-order valence-corrected chi connectivity index (χ1v) is 9.04. The molecule has 0 bridgehead atoms. The molecule has 0 saturated carbocycles. The van der Waals surface area contributed by atoms with E-state index in [1.54, 1.807) is 11.1 Å². The first-order valence-electron chi connectivity index (χ1n) is 9.04. The van der Waals surface area contributed by atoms with E-state index in [1.807, 2.05) is 39.8 Å². The van der Waals surface area contributed by atoms with Crippen molar-refractivity contribution >= 4 is 6.09 Å². The second kappa shape index (κ2) is 11.0. The molecule has 5 nitrogen and oxygen atoms in total. The van der Waals surface area contributed by atoms with E-state index in [0.717, 1.165) is 12.0 Å². The van der Waals surface area contributed by atoms with Gasteiger partial charge in [0.25, 0.3) is 0 Å². The number of likely N-dealkylation sites (tertiary alicyclic amines) is 1. The molecule has 0 unspecified atom stereocenters. The van der Waals surface area contributed by atoms with Crippen molar-refractivity contribution in [1.29, 1.82) is 0 Å². The number of aliphatic hydroxyl groups is 1. The zero-order valence-electron chi connectivity index (χ0n) is 17.3. The van der Waals surface area contributed by atoms with Gasteiger partial charge in [0, 0.05) is 19.3 Å². The van der Waals surface area contributed by atoms with E-state index in [4.69, 9.17) is 4.74 Å². The van der Waals surface area contributed by atoms with Crippen molar-refractivity contribution in [1.82, 2.24) is 9.88 Å². The van der Waals surface area contributed by atoms with Gasteiger partial charge in [-0.25, -0.2) is 4.79 Å². The number of aryl methyl sites for hydroxylation is 1. The van der Waals surface area contributed by atoms with Gasteiger partial charge in [0.15, 0.2) is 0 Å². The van der Waals surface area contributed by atoms with Crippen LogP contribution in [0.25, 0.3) is 0 Å². The fourth-order valence-corrected chi connectivity index (χ4v) is 2.60. The van der Waals surface area contributed by atoms with Gasteiger partial charge in [0.05, 0.1) is 5.69 Å². The van der Waals surface area contributed by atoms with Crippen molar-refractivity contribution < 1.29 is 33.5 Å². The van der Waals surface area contributed by atoms with Gasteiger partial charge < -0.3 is 21.7 Å². The topological polar surface area (TPSA) is 62.7 Å². The quantitative estimate of drug-likeness (QED) is 0.640. The number of hydrogen-bond acceptors (Lipinski definition) is 4. The molecule has 1 fully saturated rings. The minimum atomic E-state index is -0.955. The fraction of sp³-hybridized carbons (Fsp3) is 0.650. The average Bonchev–Trinajstić information content (AvgIpc) is 2.54. The van der Waals surface area contributed by atoms with Crippen LogP contribution >= 0.6 is 0 Å². The van der Waals surface area contributed by atoms with Crippen molar-refractivity contribution in [3.05, 3.63) is 36.5 Å². The summed E-state index contributed by atoms with van der Waals surface area (Å²) in [5.41, 5.74) is 0.242. The third kappa shape index (κ3) is 7.69. The summed E-state index contributed by atoms with van der Waals surface area (Å²) >= 11 is 0. The van der Waals surface area contributed by atoms with Gasteiger partial charge in [0.2, 0.25) is 0 Å². The Labute approximate surface area is 170 Å². The molecule has 0 aromatic carbocycles. The van der Waals surface area contributed by atoms with Crippen LogP contribution in [0.4, 0.5) is 4.79 Å². The van der Waals surface area contributed by atoms with E-state index in [0.29, 0.717) is 31.6 Å². The summed E-state index contributed by atoms with van der Waals surface area (Å²) in [4.78, 5) is 18.0. The van der Waals surface area contributed by atoms with Crippen LogP contribution in [0.1, 0.15) is 64.6 Å². The number of piperidine rings is 1. The number of carbonyl (C=O) groups is 1. The molecule has 0 radical (unpaired) electrons. The summed E-state index contributed by atoms with van der Waals surface area (Å²) in [5, 5.41) is 10.8. The molecule has 1 saturated heterocycles. The Hall–Kier alpha value is -1.02. The number of carbonyl (C=O) groups excluding carboxylic acids is 1. The second-order valence-electron chi connectivity index (χ2n) is 7.52. The van der Waals surface area contributed by atoms with Crippen molar-refractivity contribution in [2.24, 2.45) is 0 Å². The van der Waals surface area contributed by atoms with Gasteiger partial charge in [-0.15, -0.1) is 0 Å². The number of pyridine rings is 1. The van der Waals surface area contributed by atoms with Crippen LogP contribution in [0, 0.1) is 13.8 Å². The Balaban J connectivity index is 0.00000113. The molecule has 6 heteroatoms. The fourth-order valence-electron chi connectivity index (χ4n) is 2.60. The molecule has 142 valence electrons. The average molecular weight is 356 g/mol. The minimum Gasteiger partial charge on any atom is -0.444 e. The van der Waals surface area contributed by atoms with Crippen LogP contribution in [0.3, 0.4) is 0 Å². The molecule has 1 aromatic heterocycles. The van der Waals surface area contributed by atoms with Crippen LogP contribution in [-0.2, 0) is 10.3 Å². The minimum absolute atomic E-state index is 0. The predicted octanol–water partition coefficient (Wildman–Crippen LogP) is 1.23. The Bertz CT molecular complexity index is 548. The van der Waals surface area contributed by atoms with E-state index in [1.165, 1.54) is 6.42 Å². The van der Waals surface area contributed by atoms with Crippen molar-refractivity contribution in [2.75, 3.05) is 13.1 Å². The van der Waals surface area contributed by atoms with Gasteiger partial charge in [-0.3, -0.25) is 4.98 Å². The molecular weight excluding hydrogens is 323 g/mol. The van der Waals surface area contributed by atoms with Gasteiger partial charge in [-0.1, -0.05) is 19.4 Å². The molecule has 1 aromatic rings. The van der Waals surface area contributed by atoms with E-state index in [9.17, 15) is 9.90 Å².